The zero-order valence-electron chi connectivity index (χ0n) is 16.7. The fourth-order valence-corrected chi connectivity index (χ4v) is 4.21. The van der Waals surface area contributed by atoms with E-state index in [9.17, 15) is 9.18 Å². The van der Waals surface area contributed by atoms with Crippen LogP contribution in [0.5, 0.6) is 0 Å². The molecule has 0 aliphatic carbocycles. The van der Waals surface area contributed by atoms with E-state index in [-0.39, 0.29) is 17.6 Å². The summed E-state index contributed by atoms with van der Waals surface area (Å²) in [6.45, 7) is 2.32. The lowest BCUT2D eigenvalue weighted by molar-refractivity contribution is 0.0791. The molecule has 2 aromatic heterocycles. The van der Waals surface area contributed by atoms with Gasteiger partial charge in [-0.05, 0) is 42.7 Å². The molecule has 2 N–H and O–H groups in total. The minimum Gasteiger partial charge on any atom is -0.355 e. The highest BCUT2D eigenvalue weighted by Crippen LogP contribution is 2.24. The number of guanidine groups is 1. The van der Waals surface area contributed by atoms with E-state index in [0.717, 1.165) is 56.3 Å². The standard InChI is InChI=1S/C21H25FN6OS/c22-17-13-24-10-7-18(17)27-21(26-15-23)25-9-3-1-2-5-16-8-11-28(14-16)20(29)19-6-4-12-30-19/h4,6-7,10,12-13,16H,1-3,5,8-9,11,14H2,(H2,24,25,26,27). The SMILES string of the molecule is N#CN=C(NCCCCCC1CCN(C(=O)c2cccs2)C1)Nc1ccncc1F. The summed E-state index contributed by atoms with van der Waals surface area (Å²) in [7, 11) is 0. The normalized spacial score (nSPS) is 16.3. The molecule has 30 heavy (non-hydrogen) atoms. The van der Waals surface area contributed by atoms with E-state index in [1.165, 1.54) is 23.6 Å². The van der Waals surface area contributed by atoms with Crippen molar-refractivity contribution < 1.29 is 9.18 Å². The van der Waals surface area contributed by atoms with Crippen LogP contribution >= 0.6 is 11.3 Å². The molecule has 0 spiro atoms. The highest BCUT2D eigenvalue weighted by atomic mass is 32.1. The second-order valence-corrected chi connectivity index (χ2v) is 8.15. The molecule has 3 heterocycles. The maximum atomic E-state index is 13.7. The number of pyridine rings is 1. The van der Waals surface area contributed by atoms with E-state index >= 15 is 0 Å². The van der Waals surface area contributed by atoms with Gasteiger partial charge in [0.2, 0.25) is 12.2 Å². The molecule has 1 saturated heterocycles. The first kappa shape index (κ1) is 21.7. The zero-order chi connectivity index (χ0) is 21.2. The maximum Gasteiger partial charge on any atom is 0.263 e. The third-order valence-corrected chi connectivity index (χ3v) is 5.93. The molecule has 1 unspecified atom stereocenters. The minimum atomic E-state index is -0.506. The predicted octanol–water partition coefficient (Wildman–Crippen LogP) is 3.84. The van der Waals surface area contributed by atoms with Crippen LogP contribution in [-0.2, 0) is 0 Å². The number of thiophene rings is 1. The summed E-state index contributed by atoms with van der Waals surface area (Å²) in [4.78, 5) is 22.5. The van der Waals surface area contributed by atoms with E-state index < -0.39 is 5.82 Å². The van der Waals surface area contributed by atoms with Gasteiger partial charge < -0.3 is 15.5 Å². The number of likely N-dealkylation sites (tertiary alicyclic amines) is 1. The molecule has 9 heteroatoms. The van der Waals surface area contributed by atoms with Crippen molar-refractivity contribution in [2.45, 2.75) is 32.1 Å². The summed E-state index contributed by atoms with van der Waals surface area (Å²) in [5.74, 6) is 0.433. The lowest BCUT2D eigenvalue weighted by Crippen LogP contribution is -2.31. The molecule has 1 fully saturated rings. The molecule has 158 valence electrons. The Bertz CT molecular complexity index is 895. The number of aliphatic imine (C=N–C) groups is 1. The summed E-state index contributed by atoms with van der Waals surface area (Å²) >= 11 is 1.50. The van der Waals surface area contributed by atoms with Gasteiger partial charge in [0.05, 0.1) is 16.8 Å². The Hall–Kier alpha value is -2.99. The van der Waals surface area contributed by atoms with Gasteiger partial charge in [-0.15, -0.1) is 16.3 Å². The van der Waals surface area contributed by atoms with Gasteiger partial charge in [-0.2, -0.15) is 5.26 Å². The molecule has 1 atom stereocenters. The molecule has 1 aliphatic rings. The van der Waals surface area contributed by atoms with Crippen molar-refractivity contribution in [1.29, 1.82) is 5.26 Å². The summed E-state index contributed by atoms with van der Waals surface area (Å²) in [6, 6.07) is 5.28. The molecular weight excluding hydrogens is 403 g/mol. The van der Waals surface area contributed by atoms with E-state index in [1.807, 2.05) is 22.4 Å². The number of carbonyl (C=O) groups is 1. The average Bonchev–Trinajstić information content (AvgIpc) is 3.44. The summed E-state index contributed by atoms with van der Waals surface area (Å²) in [5, 5.41) is 16.6. The Labute approximate surface area is 179 Å². The van der Waals surface area contributed by atoms with E-state index in [2.05, 4.69) is 20.6 Å². The van der Waals surface area contributed by atoms with Crippen LogP contribution in [0.25, 0.3) is 0 Å². The number of nitrogens with one attached hydrogen (secondary N) is 2. The number of halogens is 1. The van der Waals surface area contributed by atoms with Gasteiger partial charge in [0.25, 0.3) is 5.91 Å². The smallest absolute Gasteiger partial charge is 0.263 e. The first-order valence-corrected chi connectivity index (χ1v) is 11.0. The molecule has 0 aromatic carbocycles. The van der Waals surface area contributed by atoms with Crippen LogP contribution in [0.15, 0.2) is 41.0 Å². The number of nitrogens with zero attached hydrogens (tertiary/aromatic N) is 4. The predicted molar refractivity (Wildman–Crippen MR) is 116 cm³/mol. The second kappa shape index (κ2) is 11.3. The van der Waals surface area contributed by atoms with Crippen LogP contribution in [0, 0.1) is 23.2 Å². The van der Waals surface area contributed by atoms with Crippen molar-refractivity contribution in [2.75, 3.05) is 25.0 Å². The number of rotatable bonds is 8. The molecule has 0 bridgehead atoms. The van der Waals surface area contributed by atoms with Gasteiger partial charge in [-0.25, -0.2) is 4.39 Å². The summed E-state index contributed by atoms with van der Waals surface area (Å²) < 4.78 is 13.7. The number of hydrogen-bond donors (Lipinski definition) is 2. The molecule has 0 radical (unpaired) electrons. The molecule has 1 amide bonds. The number of hydrogen-bond acceptors (Lipinski definition) is 5. The third kappa shape index (κ3) is 6.26. The Kier molecular flexibility index (Phi) is 8.15. The maximum absolute atomic E-state index is 13.7. The van der Waals surface area contributed by atoms with E-state index in [0.29, 0.717) is 12.5 Å². The van der Waals surface area contributed by atoms with Crippen molar-refractivity contribution in [3.8, 4) is 6.19 Å². The number of anilines is 1. The average molecular weight is 429 g/mol. The monoisotopic (exact) mass is 428 g/mol. The number of amides is 1. The van der Waals surface area contributed by atoms with Crippen LogP contribution in [0.3, 0.4) is 0 Å². The highest BCUT2D eigenvalue weighted by Gasteiger charge is 2.26. The van der Waals surface area contributed by atoms with Crippen molar-refractivity contribution in [3.63, 3.8) is 0 Å². The van der Waals surface area contributed by atoms with Gasteiger partial charge in [0.15, 0.2) is 5.82 Å². The number of nitriles is 1. The molecular formula is C21H25FN6OS. The third-order valence-electron chi connectivity index (χ3n) is 5.07. The van der Waals surface area contributed by atoms with Crippen LogP contribution in [0.1, 0.15) is 41.8 Å². The lowest BCUT2D eigenvalue weighted by atomic mass is 10.0. The molecule has 3 rings (SSSR count). The van der Waals surface area contributed by atoms with Gasteiger partial charge in [0, 0.05) is 25.8 Å². The second-order valence-electron chi connectivity index (χ2n) is 7.20. The Morgan fingerprint density at radius 3 is 3.07 bits per heavy atom. The van der Waals surface area contributed by atoms with Gasteiger partial charge >= 0.3 is 0 Å². The largest absolute Gasteiger partial charge is 0.355 e. The topological polar surface area (TPSA) is 93.4 Å². The van der Waals surface area contributed by atoms with Crippen LogP contribution < -0.4 is 10.6 Å². The Balaban J connectivity index is 1.31. The van der Waals surface area contributed by atoms with E-state index in [1.54, 1.807) is 6.19 Å². The van der Waals surface area contributed by atoms with Crippen LogP contribution in [0.4, 0.5) is 10.1 Å². The van der Waals surface area contributed by atoms with E-state index in [4.69, 9.17) is 5.26 Å². The summed E-state index contributed by atoms with van der Waals surface area (Å²) in [5.41, 5.74) is 0.217. The van der Waals surface area contributed by atoms with Gasteiger partial charge in [0.1, 0.15) is 0 Å². The van der Waals surface area contributed by atoms with Gasteiger partial charge in [-0.1, -0.05) is 18.9 Å². The highest BCUT2D eigenvalue weighted by molar-refractivity contribution is 7.12. The molecule has 1 aliphatic heterocycles. The van der Waals surface area contributed by atoms with Crippen LogP contribution in [-0.4, -0.2) is 41.4 Å². The lowest BCUT2D eigenvalue weighted by Gasteiger charge is -2.15. The number of unbranched alkanes of at least 4 members (excludes halogenated alkanes) is 2. The van der Waals surface area contributed by atoms with Crippen molar-refractivity contribution in [3.05, 3.63) is 46.7 Å². The fraction of sp³-hybridized carbons (Fsp3) is 0.429. The van der Waals surface area contributed by atoms with Crippen molar-refractivity contribution in [2.24, 2.45) is 10.9 Å². The molecule has 0 saturated carbocycles. The zero-order valence-corrected chi connectivity index (χ0v) is 17.5. The number of carbonyl (C=O) groups excluding carboxylic acids is 1. The quantitative estimate of drug-likeness (QED) is 0.288. The van der Waals surface area contributed by atoms with Crippen molar-refractivity contribution in [1.82, 2.24) is 15.2 Å². The van der Waals surface area contributed by atoms with Gasteiger partial charge in [-0.3, -0.25) is 9.78 Å². The molecule has 7 nitrogen and oxygen atoms in total. The summed E-state index contributed by atoms with van der Waals surface area (Å²) in [6.07, 6.45) is 9.48. The fourth-order valence-electron chi connectivity index (χ4n) is 3.52. The Morgan fingerprint density at radius 1 is 1.40 bits per heavy atom. The molecule has 2 aromatic rings. The van der Waals surface area contributed by atoms with Crippen molar-refractivity contribution >= 4 is 28.9 Å². The minimum absolute atomic E-state index is 0.152. The first-order chi connectivity index (χ1) is 14.7. The van der Waals surface area contributed by atoms with Crippen LogP contribution in [0.2, 0.25) is 0 Å². The number of aromatic nitrogens is 1. The first-order valence-electron chi connectivity index (χ1n) is 10.1. The Morgan fingerprint density at radius 2 is 2.30 bits per heavy atom.